The highest BCUT2D eigenvalue weighted by Gasteiger charge is 2.59. The van der Waals surface area contributed by atoms with Crippen molar-refractivity contribution in [2.24, 2.45) is 29.1 Å². The fraction of sp³-hybridized carbons (Fsp3) is 0.690. The lowest BCUT2D eigenvalue weighted by Gasteiger charge is -2.61. The van der Waals surface area contributed by atoms with Crippen molar-refractivity contribution in [3.63, 3.8) is 0 Å². The predicted octanol–water partition coefficient (Wildman–Crippen LogP) is 5.66. The number of hydrogen-bond acceptors (Lipinski definition) is 3. The van der Waals surface area contributed by atoms with Crippen molar-refractivity contribution in [2.45, 2.75) is 63.7 Å². The second-order valence-corrected chi connectivity index (χ2v) is 12.0. The molecule has 5 heteroatoms. The van der Waals surface area contributed by atoms with Crippen molar-refractivity contribution >= 4 is 5.91 Å². The molecule has 2 heterocycles. The van der Waals surface area contributed by atoms with E-state index in [9.17, 15) is 9.18 Å². The number of hydrogen-bond donors (Lipinski definition) is 0. The summed E-state index contributed by atoms with van der Waals surface area (Å²) in [7, 11) is 0. The van der Waals surface area contributed by atoms with E-state index in [-0.39, 0.29) is 11.3 Å². The van der Waals surface area contributed by atoms with Gasteiger partial charge in [0, 0.05) is 37.6 Å². The van der Waals surface area contributed by atoms with E-state index in [1.165, 1.54) is 24.8 Å². The molecule has 1 amide bonds. The summed E-state index contributed by atoms with van der Waals surface area (Å²) < 4.78 is 24.2. The Bertz CT molecular complexity index is 927. The zero-order valence-electron chi connectivity index (χ0n) is 20.4. The molecule has 184 valence electrons. The number of nitrogens with zero attached hydrogens (tertiary/aromatic N) is 1. The van der Waals surface area contributed by atoms with E-state index in [2.05, 4.69) is 29.2 Å². The lowest BCUT2D eigenvalue weighted by atomic mass is 9.44. The topological polar surface area (TPSA) is 38.8 Å². The molecule has 4 saturated carbocycles. The van der Waals surface area contributed by atoms with Gasteiger partial charge in [-0.15, -0.1) is 0 Å². The Morgan fingerprint density at radius 3 is 2.41 bits per heavy atom. The number of likely N-dealkylation sites (tertiary alicyclic amines) is 1. The molecule has 0 aromatic heterocycles. The van der Waals surface area contributed by atoms with E-state index in [0.29, 0.717) is 48.1 Å². The van der Waals surface area contributed by atoms with Gasteiger partial charge in [0.25, 0.3) is 0 Å². The lowest BCUT2D eigenvalue weighted by molar-refractivity contribution is -0.168. The highest BCUT2D eigenvalue weighted by molar-refractivity contribution is 5.81. The second kappa shape index (κ2) is 8.65. The van der Waals surface area contributed by atoms with Crippen LogP contribution in [0.15, 0.2) is 36.2 Å². The summed E-state index contributed by atoms with van der Waals surface area (Å²) in [6.45, 7) is 5.87. The fourth-order valence-corrected chi connectivity index (χ4v) is 8.32. The molecule has 6 fully saturated rings. The van der Waals surface area contributed by atoms with Crippen molar-refractivity contribution in [3.8, 4) is 5.75 Å². The first-order valence-electron chi connectivity index (χ1n) is 13.4. The summed E-state index contributed by atoms with van der Waals surface area (Å²) in [6, 6.07) is 8.56. The standard InChI is InChI=1S/C29H38FNO3/c1-2-20(16-30)17-34-25-5-3-24(4-6-25)29-13-21-11-22(14-29)26(23(12-21)15-29)27(32)31-18-28(19-31)7-9-33-10-8-28/h3-6,16,21-23,26H,2,7-15,17-19H2,1H3/b20-16+. The van der Waals surface area contributed by atoms with Gasteiger partial charge in [0.1, 0.15) is 12.4 Å². The largest absolute Gasteiger partial charge is 0.489 e. The molecule has 7 rings (SSSR count). The summed E-state index contributed by atoms with van der Waals surface area (Å²) in [6.07, 6.45) is 9.57. The molecule has 0 N–H and O–H groups in total. The van der Waals surface area contributed by atoms with Gasteiger partial charge in [-0.3, -0.25) is 4.79 Å². The second-order valence-electron chi connectivity index (χ2n) is 12.0. The first-order valence-corrected chi connectivity index (χ1v) is 13.4. The first-order chi connectivity index (χ1) is 16.5. The Morgan fingerprint density at radius 1 is 1.12 bits per heavy atom. The molecular weight excluding hydrogens is 429 g/mol. The van der Waals surface area contributed by atoms with Crippen molar-refractivity contribution in [1.82, 2.24) is 4.90 Å². The lowest BCUT2D eigenvalue weighted by Crippen LogP contribution is -2.64. The minimum Gasteiger partial charge on any atom is -0.489 e. The van der Waals surface area contributed by atoms with Crippen molar-refractivity contribution in [1.29, 1.82) is 0 Å². The van der Waals surface area contributed by atoms with Gasteiger partial charge in [-0.05, 0) is 97.8 Å². The summed E-state index contributed by atoms with van der Waals surface area (Å²) >= 11 is 0. The molecule has 2 aliphatic heterocycles. The SMILES string of the molecule is CC/C(=C\F)COc1ccc(C23CC4CC(C2)C(C(=O)N2CC5(CCOCC5)C2)C(C4)C3)cc1. The van der Waals surface area contributed by atoms with Gasteiger partial charge in [-0.2, -0.15) is 0 Å². The molecule has 1 spiro atoms. The molecule has 1 aromatic carbocycles. The van der Waals surface area contributed by atoms with Gasteiger partial charge in [0.15, 0.2) is 0 Å². The predicted molar refractivity (Wildman–Crippen MR) is 129 cm³/mol. The van der Waals surface area contributed by atoms with Crippen LogP contribution in [0.3, 0.4) is 0 Å². The van der Waals surface area contributed by atoms with Crippen molar-refractivity contribution in [2.75, 3.05) is 32.9 Å². The maximum atomic E-state index is 13.7. The van der Waals surface area contributed by atoms with Crippen LogP contribution in [0.1, 0.15) is 63.9 Å². The zero-order chi connectivity index (χ0) is 23.3. The average molecular weight is 468 g/mol. The summed E-state index contributed by atoms with van der Waals surface area (Å²) in [5, 5.41) is 0. The van der Waals surface area contributed by atoms with Crippen molar-refractivity contribution in [3.05, 3.63) is 41.7 Å². The van der Waals surface area contributed by atoms with Gasteiger partial charge in [-0.1, -0.05) is 19.1 Å². The molecule has 34 heavy (non-hydrogen) atoms. The quantitative estimate of drug-likeness (QED) is 0.542. The smallest absolute Gasteiger partial charge is 0.226 e. The third-order valence-corrected chi connectivity index (χ3v) is 9.98. The van der Waals surface area contributed by atoms with Crippen LogP contribution >= 0.6 is 0 Å². The number of rotatable bonds is 6. The Labute approximate surface area is 202 Å². The number of carbonyl (C=O) groups excluding carboxylic acids is 1. The Hall–Kier alpha value is -1.88. The maximum absolute atomic E-state index is 13.7. The number of halogens is 1. The van der Waals surface area contributed by atoms with Crippen LogP contribution in [0.25, 0.3) is 0 Å². The van der Waals surface area contributed by atoms with E-state index < -0.39 is 0 Å². The molecule has 2 unspecified atom stereocenters. The van der Waals surface area contributed by atoms with Gasteiger partial charge >= 0.3 is 0 Å². The highest BCUT2D eigenvalue weighted by atomic mass is 19.1. The normalized spacial score (nSPS) is 35.9. The van der Waals surface area contributed by atoms with E-state index in [4.69, 9.17) is 9.47 Å². The molecule has 2 atom stereocenters. The fourth-order valence-electron chi connectivity index (χ4n) is 8.32. The molecule has 6 aliphatic rings. The van der Waals surface area contributed by atoms with Gasteiger partial charge in [-0.25, -0.2) is 4.39 Å². The van der Waals surface area contributed by atoms with Crippen LogP contribution in [-0.2, 0) is 14.9 Å². The van der Waals surface area contributed by atoms with E-state index in [0.717, 1.165) is 63.7 Å². The monoisotopic (exact) mass is 467 g/mol. The number of ether oxygens (including phenoxy) is 2. The summed E-state index contributed by atoms with van der Waals surface area (Å²) in [5.41, 5.74) is 2.65. The van der Waals surface area contributed by atoms with Gasteiger partial charge in [0.2, 0.25) is 5.91 Å². The Kier molecular flexibility index (Phi) is 5.75. The summed E-state index contributed by atoms with van der Waals surface area (Å²) in [4.78, 5) is 15.8. The van der Waals surface area contributed by atoms with Gasteiger partial charge < -0.3 is 14.4 Å². The third kappa shape index (κ3) is 3.79. The molecule has 1 aromatic rings. The van der Waals surface area contributed by atoms with E-state index >= 15 is 0 Å². The van der Waals surface area contributed by atoms with E-state index in [1.807, 2.05) is 6.92 Å². The van der Waals surface area contributed by atoms with Crippen LogP contribution in [0.5, 0.6) is 5.75 Å². The van der Waals surface area contributed by atoms with Crippen molar-refractivity contribution < 1.29 is 18.7 Å². The van der Waals surface area contributed by atoms with Gasteiger partial charge in [0.05, 0.1) is 6.33 Å². The molecule has 4 aliphatic carbocycles. The minimum atomic E-state index is 0.218. The molecule has 0 radical (unpaired) electrons. The van der Waals surface area contributed by atoms with Crippen LogP contribution < -0.4 is 4.74 Å². The summed E-state index contributed by atoms with van der Waals surface area (Å²) in [5.74, 6) is 3.32. The zero-order valence-corrected chi connectivity index (χ0v) is 20.4. The third-order valence-electron chi connectivity index (χ3n) is 9.98. The van der Waals surface area contributed by atoms with Crippen LogP contribution in [0, 0.1) is 29.1 Å². The maximum Gasteiger partial charge on any atom is 0.226 e. The van der Waals surface area contributed by atoms with Crippen LogP contribution in [-0.4, -0.2) is 43.7 Å². The van der Waals surface area contributed by atoms with Crippen LogP contribution in [0.4, 0.5) is 4.39 Å². The minimum absolute atomic E-state index is 0.218. The molecule has 4 nitrogen and oxygen atoms in total. The first kappa shape index (κ1) is 22.6. The molecule has 2 saturated heterocycles. The number of benzene rings is 1. The number of carbonyl (C=O) groups is 1. The molecular formula is C29H38FNO3. The Balaban J connectivity index is 1.13. The van der Waals surface area contributed by atoms with Crippen LogP contribution in [0.2, 0.25) is 0 Å². The Morgan fingerprint density at radius 2 is 1.79 bits per heavy atom. The molecule has 4 bridgehead atoms. The highest BCUT2D eigenvalue weighted by Crippen LogP contribution is 2.63. The average Bonchev–Trinajstić information content (AvgIpc) is 2.83. The number of amides is 1. The van der Waals surface area contributed by atoms with E-state index in [1.54, 1.807) is 0 Å².